The summed E-state index contributed by atoms with van der Waals surface area (Å²) in [4.78, 5) is 15.0. The molecule has 0 saturated heterocycles. The highest BCUT2D eigenvalue weighted by Crippen LogP contribution is 2.39. The first-order valence-corrected chi connectivity index (χ1v) is 11.3. The van der Waals surface area contributed by atoms with Gasteiger partial charge in [-0.25, -0.2) is 14.4 Å². The monoisotopic (exact) mass is 501 g/mol. The van der Waals surface area contributed by atoms with Crippen molar-refractivity contribution in [2.45, 2.75) is 13.1 Å². The molecule has 0 aliphatic rings. The van der Waals surface area contributed by atoms with Gasteiger partial charge >= 0.3 is 6.18 Å². The van der Waals surface area contributed by atoms with Gasteiger partial charge in [0.1, 0.15) is 11.4 Å². The number of hydrogen-bond acceptors (Lipinski definition) is 6. The van der Waals surface area contributed by atoms with Gasteiger partial charge in [-0.1, -0.05) is 12.1 Å². The van der Waals surface area contributed by atoms with Gasteiger partial charge in [0, 0.05) is 48.7 Å². The first-order chi connectivity index (χ1) is 17.1. The second kappa shape index (κ2) is 10.0. The van der Waals surface area contributed by atoms with E-state index in [4.69, 9.17) is 5.73 Å². The van der Waals surface area contributed by atoms with Crippen molar-refractivity contribution >= 4 is 33.9 Å². The van der Waals surface area contributed by atoms with E-state index in [-0.39, 0.29) is 28.1 Å². The van der Waals surface area contributed by atoms with E-state index < -0.39 is 17.6 Å². The number of benzene rings is 2. The number of rotatable bonds is 8. The Hall–Kier alpha value is -3.86. The minimum Gasteiger partial charge on any atom is -0.397 e. The van der Waals surface area contributed by atoms with E-state index in [1.807, 2.05) is 27.1 Å². The van der Waals surface area contributed by atoms with Crippen LogP contribution in [0.1, 0.15) is 12.5 Å². The Morgan fingerprint density at radius 3 is 2.56 bits per heavy atom. The lowest BCUT2D eigenvalue weighted by molar-refractivity contribution is -0.137. The molecule has 0 radical (unpaired) electrons. The van der Waals surface area contributed by atoms with E-state index in [2.05, 4.69) is 30.1 Å². The SMILES string of the molecule is CCN(CCN(C)C)c1ccc(Nc2ncc(C(F)(F)F)c(-c3c[nH]c4c(F)cccc34)n2)cc1N. The number of nitrogens with zero attached hydrogens (tertiary/aromatic N) is 4. The molecule has 36 heavy (non-hydrogen) atoms. The summed E-state index contributed by atoms with van der Waals surface area (Å²) in [6, 6.07) is 9.51. The lowest BCUT2D eigenvalue weighted by atomic mass is 10.1. The number of aromatic amines is 1. The predicted octanol–water partition coefficient (Wildman–Crippen LogP) is 5.50. The number of para-hydroxylation sites is 1. The summed E-state index contributed by atoms with van der Waals surface area (Å²) < 4.78 is 55.5. The Kier molecular flexibility index (Phi) is 7.02. The van der Waals surface area contributed by atoms with Gasteiger partial charge < -0.3 is 25.8 Å². The van der Waals surface area contributed by atoms with Crippen LogP contribution in [0.25, 0.3) is 22.2 Å². The van der Waals surface area contributed by atoms with Gasteiger partial charge in [-0.2, -0.15) is 13.2 Å². The molecule has 4 rings (SSSR count). The third kappa shape index (κ3) is 5.20. The Labute approximate surface area is 206 Å². The highest BCUT2D eigenvalue weighted by atomic mass is 19.4. The molecule has 0 bridgehead atoms. The minimum absolute atomic E-state index is 0.0455. The van der Waals surface area contributed by atoms with Crippen LogP contribution in [0.3, 0.4) is 0 Å². The molecule has 0 aliphatic carbocycles. The van der Waals surface area contributed by atoms with Crippen LogP contribution >= 0.6 is 0 Å². The van der Waals surface area contributed by atoms with E-state index in [1.165, 1.54) is 24.4 Å². The number of nitrogens with two attached hydrogens (primary N) is 1. The summed E-state index contributed by atoms with van der Waals surface area (Å²) >= 11 is 0. The fourth-order valence-electron chi connectivity index (χ4n) is 3.99. The molecule has 4 aromatic rings. The normalized spacial score (nSPS) is 11.9. The van der Waals surface area contributed by atoms with Crippen molar-refractivity contribution in [1.29, 1.82) is 0 Å². The Morgan fingerprint density at radius 2 is 1.89 bits per heavy atom. The number of hydrogen-bond donors (Lipinski definition) is 3. The minimum atomic E-state index is -4.70. The van der Waals surface area contributed by atoms with Crippen molar-refractivity contribution in [3.63, 3.8) is 0 Å². The third-order valence-electron chi connectivity index (χ3n) is 5.84. The lowest BCUT2D eigenvalue weighted by Crippen LogP contribution is -2.32. The zero-order valence-electron chi connectivity index (χ0n) is 20.1. The zero-order valence-corrected chi connectivity index (χ0v) is 20.1. The third-order valence-corrected chi connectivity index (χ3v) is 5.84. The van der Waals surface area contributed by atoms with Crippen LogP contribution in [0.15, 0.2) is 48.8 Å². The molecule has 0 saturated carbocycles. The lowest BCUT2D eigenvalue weighted by Gasteiger charge is -2.26. The standard InChI is InChI=1S/C25H27F4N7/c1-4-36(11-10-35(2)3)21-9-8-15(12-20(21)30)33-24-32-14-18(25(27,28)29)22(34-24)17-13-31-23-16(17)6-5-7-19(23)26/h5-9,12-14,31H,4,10-11,30H2,1-3H3,(H,32,33,34). The van der Waals surface area contributed by atoms with E-state index >= 15 is 0 Å². The molecule has 0 atom stereocenters. The number of alkyl halides is 3. The molecule has 0 fully saturated rings. The summed E-state index contributed by atoms with van der Waals surface area (Å²) in [5, 5.41) is 3.23. The predicted molar refractivity (Wildman–Crippen MR) is 135 cm³/mol. The summed E-state index contributed by atoms with van der Waals surface area (Å²) in [5.41, 5.74) is 7.04. The molecule has 2 aromatic carbocycles. The Bertz CT molecular complexity index is 1360. The summed E-state index contributed by atoms with van der Waals surface area (Å²) in [7, 11) is 3.99. The summed E-state index contributed by atoms with van der Waals surface area (Å²) in [5.74, 6) is -0.613. The maximum absolute atomic E-state index is 14.1. The largest absolute Gasteiger partial charge is 0.419 e. The van der Waals surface area contributed by atoms with Crippen molar-refractivity contribution in [1.82, 2.24) is 19.9 Å². The second-order valence-corrected chi connectivity index (χ2v) is 8.60. The Balaban J connectivity index is 1.68. The van der Waals surface area contributed by atoms with Crippen molar-refractivity contribution in [2.24, 2.45) is 0 Å². The van der Waals surface area contributed by atoms with Crippen molar-refractivity contribution in [2.75, 3.05) is 49.7 Å². The van der Waals surface area contributed by atoms with Gasteiger partial charge in [0.2, 0.25) is 5.95 Å². The average Bonchev–Trinajstić information content (AvgIpc) is 3.25. The van der Waals surface area contributed by atoms with Gasteiger partial charge in [0.25, 0.3) is 0 Å². The molecule has 0 amide bonds. The van der Waals surface area contributed by atoms with Crippen LogP contribution in [-0.2, 0) is 6.18 Å². The van der Waals surface area contributed by atoms with Gasteiger partial charge in [-0.15, -0.1) is 0 Å². The topological polar surface area (TPSA) is 86.1 Å². The van der Waals surface area contributed by atoms with Crippen molar-refractivity contribution in [3.8, 4) is 11.3 Å². The number of nitrogen functional groups attached to an aromatic ring is 1. The molecule has 2 aromatic heterocycles. The van der Waals surface area contributed by atoms with Crippen LogP contribution in [0, 0.1) is 5.82 Å². The highest BCUT2D eigenvalue weighted by molar-refractivity contribution is 5.95. The number of halogens is 4. The van der Waals surface area contributed by atoms with Gasteiger partial charge in [0.15, 0.2) is 0 Å². The fraction of sp³-hybridized carbons (Fsp3) is 0.280. The molecular formula is C25H27F4N7. The first-order valence-electron chi connectivity index (χ1n) is 11.3. The highest BCUT2D eigenvalue weighted by Gasteiger charge is 2.36. The zero-order chi connectivity index (χ0) is 26.0. The van der Waals surface area contributed by atoms with Crippen molar-refractivity contribution < 1.29 is 17.6 Å². The van der Waals surface area contributed by atoms with Crippen LogP contribution in [0.2, 0.25) is 0 Å². The maximum Gasteiger partial charge on any atom is 0.419 e. The van der Waals surface area contributed by atoms with Crippen molar-refractivity contribution in [3.05, 3.63) is 60.2 Å². The summed E-state index contributed by atoms with van der Waals surface area (Å²) in [6.45, 7) is 4.45. The van der Waals surface area contributed by atoms with Gasteiger partial charge in [0.05, 0.1) is 22.6 Å². The summed E-state index contributed by atoms with van der Waals surface area (Å²) in [6.07, 6.45) is -2.66. The molecule has 2 heterocycles. The quantitative estimate of drug-likeness (QED) is 0.219. The molecular weight excluding hydrogens is 474 g/mol. The number of likely N-dealkylation sites (N-methyl/N-ethyl adjacent to an activating group) is 2. The molecule has 0 unspecified atom stereocenters. The molecule has 7 nitrogen and oxygen atoms in total. The molecule has 0 spiro atoms. The number of anilines is 4. The van der Waals surface area contributed by atoms with E-state index in [0.717, 1.165) is 31.5 Å². The molecule has 11 heteroatoms. The Morgan fingerprint density at radius 1 is 1.11 bits per heavy atom. The molecule has 0 aliphatic heterocycles. The number of nitrogens with one attached hydrogen (secondary N) is 2. The first kappa shape index (κ1) is 25.2. The van der Waals surface area contributed by atoms with E-state index in [0.29, 0.717) is 11.4 Å². The smallest absolute Gasteiger partial charge is 0.397 e. The second-order valence-electron chi connectivity index (χ2n) is 8.60. The fourth-order valence-corrected chi connectivity index (χ4v) is 3.99. The van der Waals surface area contributed by atoms with Crippen LogP contribution in [-0.4, -0.2) is 53.6 Å². The van der Waals surface area contributed by atoms with E-state index in [9.17, 15) is 17.6 Å². The maximum atomic E-state index is 14.1. The van der Waals surface area contributed by atoms with Crippen LogP contribution < -0.4 is 16.0 Å². The molecule has 190 valence electrons. The number of aromatic nitrogens is 3. The van der Waals surface area contributed by atoms with Gasteiger partial charge in [-0.05, 0) is 45.3 Å². The molecule has 4 N–H and O–H groups in total. The average molecular weight is 502 g/mol. The van der Waals surface area contributed by atoms with E-state index in [1.54, 1.807) is 12.1 Å². The van der Waals surface area contributed by atoms with Crippen LogP contribution in [0.5, 0.6) is 0 Å². The number of fused-ring (bicyclic) bond motifs is 1. The number of H-pyrrole nitrogens is 1. The van der Waals surface area contributed by atoms with Gasteiger partial charge in [-0.3, -0.25) is 0 Å². The van der Waals surface area contributed by atoms with Crippen LogP contribution in [0.4, 0.5) is 40.6 Å².